The molecule has 1 heterocycles. The summed E-state index contributed by atoms with van der Waals surface area (Å²) >= 11 is 0. The van der Waals surface area contributed by atoms with Crippen LogP contribution in [-0.4, -0.2) is 25.8 Å². The Kier molecular flexibility index (Phi) is 5.41. The van der Waals surface area contributed by atoms with Crippen LogP contribution in [0.1, 0.15) is 44.2 Å². The fraction of sp³-hybridized carbons (Fsp3) is 0.625. The van der Waals surface area contributed by atoms with Gasteiger partial charge in [-0.2, -0.15) is 4.31 Å². The third-order valence-electron chi connectivity index (χ3n) is 4.39. The molecule has 1 aliphatic heterocycles. The predicted octanol–water partition coefficient (Wildman–Crippen LogP) is 2.52. The van der Waals surface area contributed by atoms with Crippen molar-refractivity contribution < 1.29 is 8.42 Å². The van der Waals surface area contributed by atoms with E-state index in [0.717, 1.165) is 36.8 Å². The van der Waals surface area contributed by atoms with E-state index in [1.807, 2.05) is 6.07 Å². The van der Waals surface area contributed by atoms with E-state index in [1.54, 1.807) is 16.4 Å². The van der Waals surface area contributed by atoms with Crippen LogP contribution in [0.3, 0.4) is 0 Å². The molecule has 0 spiro atoms. The smallest absolute Gasteiger partial charge is 0.243 e. The van der Waals surface area contributed by atoms with Gasteiger partial charge in [0.2, 0.25) is 10.0 Å². The number of rotatable bonds is 4. The van der Waals surface area contributed by atoms with Crippen LogP contribution >= 0.6 is 0 Å². The first kappa shape index (κ1) is 16.5. The fourth-order valence-electron chi connectivity index (χ4n) is 2.92. The highest BCUT2D eigenvalue weighted by Crippen LogP contribution is 2.24. The molecule has 0 amide bonds. The van der Waals surface area contributed by atoms with E-state index in [4.69, 9.17) is 5.73 Å². The maximum absolute atomic E-state index is 12.8. The van der Waals surface area contributed by atoms with Crippen molar-refractivity contribution in [1.82, 2.24) is 4.31 Å². The number of aryl methyl sites for hydroxylation is 1. The van der Waals surface area contributed by atoms with Crippen molar-refractivity contribution in [1.29, 1.82) is 0 Å². The Labute approximate surface area is 128 Å². The van der Waals surface area contributed by atoms with Gasteiger partial charge in [0.15, 0.2) is 0 Å². The summed E-state index contributed by atoms with van der Waals surface area (Å²) in [5.74, 6) is 0.604. The normalized spacial score (nSPS) is 21.2. The van der Waals surface area contributed by atoms with Crippen LogP contribution in [0.5, 0.6) is 0 Å². The predicted molar refractivity (Wildman–Crippen MR) is 85.5 cm³/mol. The number of nitrogens with two attached hydrogens (primary N) is 1. The minimum Gasteiger partial charge on any atom is -0.326 e. The monoisotopic (exact) mass is 310 g/mol. The van der Waals surface area contributed by atoms with Gasteiger partial charge in [-0.3, -0.25) is 0 Å². The summed E-state index contributed by atoms with van der Waals surface area (Å²) in [4.78, 5) is 0.384. The molecule has 0 saturated carbocycles. The van der Waals surface area contributed by atoms with Gasteiger partial charge in [0.25, 0.3) is 0 Å². The van der Waals surface area contributed by atoms with E-state index in [9.17, 15) is 8.42 Å². The zero-order chi connectivity index (χ0) is 15.5. The van der Waals surface area contributed by atoms with E-state index in [0.29, 0.717) is 30.4 Å². The largest absolute Gasteiger partial charge is 0.326 e. The van der Waals surface area contributed by atoms with Gasteiger partial charge in [0.1, 0.15) is 0 Å². The third kappa shape index (κ3) is 3.65. The Hall–Kier alpha value is -0.910. The second kappa shape index (κ2) is 6.90. The van der Waals surface area contributed by atoms with Crippen LogP contribution in [0, 0.1) is 5.92 Å². The maximum Gasteiger partial charge on any atom is 0.243 e. The van der Waals surface area contributed by atoms with E-state index < -0.39 is 10.0 Å². The van der Waals surface area contributed by atoms with Crippen LogP contribution in [-0.2, 0) is 23.0 Å². The van der Waals surface area contributed by atoms with Gasteiger partial charge in [-0.25, -0.2) is 8.42 Å². The number of benzene rings is 1. The van der Waals surface area contributed by atoms with Gasteiger partial charge in [-0.15, -0.1) is 0 Å². The van der Waals surface area contributed by atoms with Crippen molar-refractivity contribution in [2.24, 2.45) is 11.7 Å². The fourth-order valence-corrected chi connectivity index (χ4v) is 4.47. The molecular formula is C16H26N2O2S. The van der Waals surface area contributed by atoms with Crippen molar-refractivity contribution in [3.8, 4) is 0 Å². The molecule has 21 heavy (non-hydrogen) atoms. The summed E-state index contributed by atoms with van der Waals surface area (Å²) in [6.07, 6.45) is 3.86. The van der Waals surface area contributed by atoms with Crippen LogP contribution in [0.25, 0.3) is 0 Å². The summed E-state index contributed by atoms with van der Waals surface area (Å²) in [5, 5.41) is 0. The van der Waals surface area contributed by atoms with Crippen LogP contribution in [0.15, 0.2) is 23.1 Å². The minimum absolute atomic E-state index is 0.379. The SMILES string of the molecule is CCc1ccc(S(=O)(=O)N2CCCC(C)CC2)cc1CN. The molecule has 0 bridgehead atoms. The zero-order valence-corrected chi connectivity index (χ0v) is 13.8. The minimum atomic E-state index is -3.39. The number of hydrogen-bond donors (Lipinski definition) is 1. The summed E-state index contributed by atoms with van der Waals surface area (Å²) in [6.45, 7) is 5.87. The first-order valence-electron chi connectivity index (χ1n) is 7.81. The number of nitrogens with zero attached hydrogens (tertiary/aromatic N) is 1. The highest BCUT2D eigenvalue weighted by molar-refractivity contribution is 7.89. The van der Waals surface area contributed by atoms with Crippen molar-refractivity contribution in [2.45, 2.75) is 51.0 Å². The lowest BCUT2D eigenvalue weighted by atomic mass is 10.0. The van der Waals surface area contributed by atoms with E-state index in [1.165, 1.54) is 0 Å². The highest BCUT2D eigenvalue weighted by Gasteiger charge is 2.26. The number of sulfonamides is 1. The van der Waals surface area contributed by atoms with Crippen molar-refractivity contribution in [3.63, 3.8) is 0 Å². The van der Waals surface area contributed by atoms with E-state index in [-0.39, 0.29) is 0 Å². The zero-order valence-electron chi connectivity index (χ0n) is 13.0. The molecule has 1 saturated heterocycles. The maximum atomic E-state index is 12.8. The van der Waals surface area contributed by atoms with Crippen molar-refractivity contribution in [2.75, 3.05) is 13.1 Å². The highest BCUT2D eigenvalue weighted by atomic mass is 32.2. The Morgan fingerprint density at radius 1 is 1.24 bits per heavy atom. The van der Waals surface area contributed by atoms with Crippen LogP contribution < -0.4 is 5.73 Å². The quantitative estimate of drug-likeness (QED) is 0.929. The second-order valence-corrected chi connectivity index (χ2v) is 7.87. The standard InChI is InChI=1S/C16H26N2O2S/c1-3-14-6-7-16(11-15(14)12-17)21(19,20)18-9-4-5-13(2)8-10-18/h6-7,11,13H,3-5,8-10,12,17H2,1-2H3. The van der Waals surface area contributed by atoms with Crippen molar-refractivity contribution in [3.05, 3.63) is 29.3 Å². The lowest BCUT2D eigenvalue weighted by Gasteiger charge is -2.21. The Balaban J connectivity index is 2.30. The summed E-state index contributed by atoms with van der Waals surface area (Å²) in [7, 11) is -3.39. The van der Waals surface area contributed by atoms with Gasteiger partial charge >= 0.3 is 0 Å². The van der Waals surface area contributed by atoms with Gasteiger partial charge in [-0.05, 0) is 54.9 Å². The van der Waals surface area contributed by atoms with E-state index in [2.05, 4.69) is 13.8 Å². The average molecular weight is 310 g/mol. The summed E-state index contributed by atoms with van der Waals surface area (Å²) in [6, 6.07) is 5.37. The van der Waals surface area contributed by atoms with Crippen LogP contribution in [0.4, 0.5) is 0 Å². The topological polar surface area (TPSA) is 63.4 Å². The molecule has 118 valence electrons. The summed E-state index contributed by atoms with van der Waals surface area (Å²) in [5.41, 5.74) is 7.81. The Bertz CT molecular complexity index is 584. The Morgan fingerprint density at radius 3 is 2.67 bits per heavy atom. The first-order valence-corrected chi connectivity index (χ1v) is 9.25. The molecule has 1 aliphatic rings. The summed E-state index contributed by atoms with van der Waals surface area (Å²) < 4.78 is 27.2. The second-order valence-electron chi connectivity index (χ2n) is 5.93. The van der Waals surface area contributed by atoms with Crippen LogP contribution in [0.2, 0.25) is 0 Å². The molecule has 1 atom stereocenters. The lowest BCUT2D eigenvalue weighted by molar-refractivity contribution is 0.416. The lowest BCUT2D eigenvalue weighted by Crippen LogP contribution is -2.32. The molecule has 2 rings (SSSR count). The molecule has 5 heteroatoms. The average Bonchev–Trinajstić information content (AvgIpc) is 2.71. The van der Waals surface area contributed by atoms with Gasteiger partial charge in [-0.1, -0.05) is 19.9 Å². The third-order valence-corrected chi connectivity index (χ3v) is 6.29. The molecule has 1 fully saturated rings. The van der Waals surface area contributed by atoms with Gasteiger partial charge < -0.3 is 5.73 Å². The number of hydrogen-bond acceptors (Lipinski definition) is 3. The first-order chi connectivity index (χ1) is 9.98. The molecular weight excluding hydrogens is 284 g/mol. The molecule has 4 nitrogen and oxygen atoms in total. The molecule has 1 aromatic rings. The van der Waals surface area contributed by atoms with Crippen molar-refractivity contribution >= 4 is 10.0 Å². The molecule has 0 aliphatic carbocycles. The van der Waals surface area contributed by atoms with Gasteiger partial charge in [0.05, 0.1) is 4.90 Å². The molecule has 0 radical (unpaired) electrons. The molecule has 2 N–H and O–H groups in total. The van der Waals surface area contributed by atoms with E-state index >= 15 is 0 Å². The molecule has 1 aromatic carbocycles. The van der Waals surface area contributed by atoms with Gasteiger partial charge in [0, 0.05) is 19.6 Å². The Morgan fingerprint density at radius 2 is 2.00 bits per heavy atom. The molecule has 0 aromatic heterocycles. The molecule has 1 unspecified atom stereocenters.